The highest BCUT2D eigenvalue weighted by Gasteiger charge is 2.16. The van der Waals surface area contributed by atoms with Crippen LogP contribution in [0.5, 0.6) is 0 Å². The average Bonchev–Trinajstić information content (AvgIpc) is 1.49. The lowest BCUT2D eigenvalue weighted by molar-refractivity contribution is 0.580. The number of rotatable bonds is 4. The largest absolute Gasteiger partial charge is 0.232 e. The van der Waals surface area contributed by atoms with Gasteiger partial charge in [-0.1, -0.05) is 6.92 Å². The van der Waals surface area contributed by atoms with Crippen LogP contribution in [-0.4, -0.2) is 34.6 Å². The summed E-state index contributed by atoms with van der Waals surface area (Å²) in [6.45, 7) is 1.53. The van der Waals surface area contributed by atoms with Gasteiger partial charge in [-0.3, -0.25) is 0 Å². The second-order valence-corrected chi connectivity index (χ2v) is 7.91. The van der Waals surface area contributed by atoms with Crippen LogP contribution in [0.4, 0.5) is 0 Å². The Kier molecular flexibility index (Phi) is 3.99. The first-order chi connectivity index (χ1) is 5.10. The van der Waals surface area contributed by atoms with Crippen LogP contribution in [0.1, 0.15) is 6.92 Å². The van der Waals surface area contributed by atoms with Gasteiger partial charge in [0.25, 0.3) is 0 Å². The van der Waals surface area contributed by atoms with Gasteiger partial charge in [-0.25, -0.2) is 16.8 Å². The number of sulfone groups is 1. The van der Waals surface area contributed by atoms with Gasteiger partial charge in [0.05, 0.1) is 11.5 Å². The van der Waals surface area contributed by atoms with Gasteiger partial charge >= 0.3 is 0 Å². The lowest BCUT2D eigenvalue weighted by atomic mass is 10.3. The molecule has 1 atom stereocenters. The molecular weight excluding hydrogens is 224 g/mol. The van der Waals surface area contributed by atoms with Crippen molar-refractivity contribution < 1.29 is 16.8 Å². The second kappa shape index (κ2) is 3.93. The molecule has 0 aliphatic heterocycles. The lowest BCUT2D eigenvalue weighted by Gasteiger charge is -2.06. The van der Waals surface area contributed by atoms with E-state index in [0.29, 0.717) is 0 Å². The van der Waals surface area contributed by atoms with E-state index in [1.54, 1.807) is 0 Å². The van der Waals surface area contributed by atoms with E-state index in [9.17, 15) is 16.8 Å². The van der Waals surface area contributed by atoms with Gasteiger partial charge in [-0.05, 0) is 5.92 Å². The van der Waals surface area contributed by atoms with Crippen molar-refractivity contribution in [2.45, 2.75) is 6.92 Å². The van der Waals surface area contributed by atoms with Crippen LogP contribution in [0.2, 0.25) is 0 Å². The fraction of sp³-hybridized carbons (Fsp3) is 1.00. The first-order valence-corrected chi connectivity index (χ1v) is 7.74. The summed E-state index contributed by atoms with van der Waals surface area (Å²) in [5.74, 6) is -0.914. The van der Waals surface area contributed by atoms with Crippen LogP contribution < -0.4 is 0 Å². The summed E-state index contributed by atoms with van der Waals surface area (Å²) in [7, 11) is -1.77. The molecule has 0 aromatic heterocycles. The molecule has 74 valence electrons. The predicted octanol–water partition coefficient (Wildman–Crippen LogP) is 0.236. The van der Waals surface area contributed by atoms with Crippen molar-refractivity contribution in [2.24, 2.45) is 5.92 Å². The normalized spacial score (nSPS) is 15.9. The Labute approximate surface area is 77.3 Å². The van der Waals surface area contributed by atoms with Crippen LogP contribution in [0.25, 0.3) is 0 Å². The zero-order valence-electron chi connectivity index (χ0n) is 6.82. The molecule has 7 heteroatoms. The van der Waals surface area contributed by atoms with Crippen molar-refractivity contribution in [3.05, 3.63) is 0 Å². The Bertz CT molecular complexity index is 294. The van der Waals surface area contributed by atoms with Crippen molar-refractivity contribution in [1.82, 2.24) is 0 Å². The fourth-order valence-electron chi connectivity index (χ4n) is 0.905. The molecule has 0 saturated heterocycles. The monoisotopic (exact) mass is 234 g/mol. The van der Waals surface area contributed by atoms with Crippen molar-refractivity contribution in [2.75, 3.05) is 17.8 Å². The molecule has 0 bridgehead atoms. The SMILES string of the molecule is CC(CS(C)(=O)=O)CS(=O)(=O)Cl. The summed E-state index contributed by atoms with van der Waals surface area (Å²) >= 11 is 0. The molecule has 0 amide bonds. The molecule has 12 heavy (non-hydrogen) atoms. The van der Waals surface area contributed by atoms with Crippen LogP contribution in [-0.2, 0) is 18.9 Å². The van der Waals surface area contributed by atoms with E-state index >= 15 is 0 Å². The smallest absolute Gasteiger partial charge is 0.229 e. The topological polar surface area (TPSA) is 68.3 Å². The zero-order chi connectivity index (χ0) is 9.99. The van der Waals surface area contributed by atoms with Gasteiger partial charge in [0, 0.05) is 16.9 Å². The van der Waals surface area contributed by atoms with E-state index in [1.165, 1.54) is 6.92 Å². The van der Waals surface area contributed by atoms with Gasteiger partial charge < -0.3 is 0 Å². The maximum atomic E-state index is 10.7. The first-order valence-electron chi connectivity index (χ1n) is 3.20. The quantitative estimate of drug-likeness (QED) is 0.654. The minimum absolute atomic E-state index is 0.154. The van der Waals surface area contributed by atoms with Crippen molar-refractivity contribution in [3.63, 3.8) is 0 Å². The molecule has 0 aromatic rings. The maximum Gasteiger partial charge on any atom is 0.232 e. The van der Waals surface area contributed by atoms with Gasteiger partial charge in [-0.2, -0.15) is 0 Å². The molecule has 0 rings (SSSR count). The van der Waals surface area contributed by atoms with E-state index in [4.69, 9.17) is 10.7 Å². The molecule has 0 fully saturated rings. The second-order valence-electron chi connectivity index (χ2n) is 2.90. The average molecular weight is 235 g/mol. The van der Waals surface area contributed by atoms with Gasteiger partial charge in [0.1, 0.15) is 9.84 Å². The zero-order valence-corrected chi connectivity index (χ0v) is 9.21. The third-order valence-corrected chi connectivity index (χ3v) is 3.59. The number of hydrogen-bond donors (Lipinski definition) is 0. The van der Waals surface area contributed by atoms with Crippen LogP contribution >= 0.6 is 10.7 Å². The molecule has 0 heterocycles. The predicted molar refractivity (Wildman–Crippen MR) is 48.5 cm³/mol. The lowest BCUT2D eigenvalue weighted by Crippen LogP contribution is -2.18. The molecule has 1 unspecified atom stereocenters. The highest BCUT2D eigenvalue weighted by Crippen LogP contribution is 2.07. The van der Waals surface area contributed by atoms with E-state index < -0.39 is 24.8 Å². The Morgan fingerprint density at radius 2 is 1.58 bits per heavy atom. The third kappa shape index (κ3) is 8.29. The molecule has 0 radical (unpaired) electrons. The molecule has 0 N–H and O–H groups in total. The summed E-state index contributed by atoms with van der Waals surface area (Å²) < 4.78 is 42.4. The van der Waals surface area contributed by atoms with Gasteiger partial charge in [-0.15, -0.1) is 0 Å². The first kappa shape index (κ1) is 12.2. The molecule has 0 aromatic carbocycles. The Hall–Kier alpha value is 0.190. The van der Waals surface area contributed by atoms with Crippen molar-refractivity contribution >= 4 is 29.6 Å². The standard InChI is InChI=1S/C5H11ClO4S2/c1-5(3-11(2,7)8)4-12(6,9)10/h5H,3-4H2,1-2H3. The van der Waals surface area contributed by atoms with Gasteiger partial charge in [0.2, 0.25) is 9.05 Å². The van der Waals surface area contributed by atoms with Crippen LogP contribution in [0, 0.1) is 5.92 Å². The Morgan fingerprint density at radius 3 is 1.83 bits per heavy atom. The third-order valence-electron chi connectivity index (χ3n) is 1.07. The highest BCUT2D eigenvalue weighted by molar-refractivity contribution is 8.13. The highest BCUT2D eigenvalue weighted by atomic mass is 35.7. The van der Waals surface area contributed by atoms with E-state index in [2.05, 4.69) is 0 Å². The molecule has 0 aliphatic carbocycles. The van der Waals surface area contributed by atoms with E-state index in [0.717, 1.165) is 6.26 Å². The Balaban J connectivity index is 4.19. The fourth-order valence-corrected chi connectivity index (χ4v) is 3.65. The molecular formula is C5H11ClO4S2. The van der Waals surface area contributed by atoms with Crippen molar-refractivity contribution in [3.8, 4) is 0 Å². The molecule has 0 saturated carbocycles. The molecule has 0 aliphatic rings. The summed E-state index contributed by atoms with van der Waals surface area (Å²) in [4.78, 5) is 0. The van der Waals surface area contributed by atoms with Crippen LogP contribution in [0.3, 0.4) is 0 Å². The molecule has 4 nitrogen and oxygen atoms in total. The minimum atomic E-state index is -3.59. The van der Waals surface area contributed by atoms with E-state index in [-0.39, 0.29) is 11.5 Å². The van der Waals surface area contributed by atoms with E-state index in [1.807, 2.05) is 0 Å². The van der Waals surface area contributed by atoms with Crippen molar-refractivity contribution in [1.29, 1.82) is 0 Å². The summed E-state index contributed by atoms with van der Waals surface area (Å²) in [6, 6.07) is 0. The minimum Gasteiger partial charge on any atom is -0.229 e. The summed E-state index contributed by atoms with van der Waals surface area (Å²) in [6.07, 6.45) is 1.06. The van der Waals surface area contributed by atoms with Crippen LogP contribution in [0.15, 0.2) is 0 Å². The molecule has 0 spiro atoms. The number of halogens is 1. The number of hydrogen-bond acceptors (Lipinski definition) is 4. The summed E-state index contributed by atoms with van der Waals surface area (Å²) in [5.41, 5.74) is 0. The Morgan fingerprint density at radius 1 is 1.17 bits per heavy atom. The maximum absolute atomic E-state index is 10.7. The van der Waals surface area contributed by atoms with Gasteiger partial charge in [0.15, 0.2) is 0 Å². The summed E-state index contributed by atoms with van der Waals surface area (Å²) in [5, 5.41) is 0.